The molecule has 0 spiro atoms. The van der Waals surface area contributed by atoms with Gasteiger partial charge in [-0.2, -0.15) is 5.26 Å². The average Bonchev–Trinajstić information content (AvgIpc) is 3.42. The molecule has 0 radical (unpaired) electrons. The summed E-state index contributed by atoms with van der Waals surface area (Å²) in [6.07, 6.45) is 0.719. The molecule has 3 heterocycles. The van der Waals surface area contributed by atoms with Gasteiger partial charge >= 0.3 is 0 Å². The van der Waals surface area contributed by atoms with Crippen LogP contribution in [0.5, 0.6) is 11.5 Å². The smallest absolute Gasteiger partial charge is 0.262 e. The second-order valence-corrected chi connectivity index (χ2v) is 17.5. The molecular weight excluding hydrogens is 760 g/mol. The van der Waals surface area contributed by atoms with Crippen LogP contribution in [-0.4, -0.2) is 95.8 Å². The summed E-state index contributed by atoms with van der Waals surface area (Å²) in [5.74, 6) is -1.24. The van der Waals surface area contributed by atoms with Gasteiger partial charge in [-0.15, -0.1) is 0 Å². The van der Waals surface area contributed by atoms with Crippen molar-refractivity contribution in [2.75, 3.05) is 31.1 Å². The highest BCUT2D eigenvalue weighted by Crippen LogP contribution is 2.55. The second-order valence-electron chi connectivity index (χ2n) is 17.0. The number of piperidine rings is 1. The summed E-state index contributed by atoms with van der Waals surface area (Å²) in [5.41, 5.74) is 1.70. The van der Waals surface area contributed by atoms with E-state index in [-0.39, 0.29) is 64.9 Å². The zero-order valence-corrected chi connectivity index (χ0v) is 34.4. The SMILES string of the molecule is C[C@@H]1CN(c2ccc(C(=O)N[C@H]3C(C)(C)[C@H](Oc4ccc(C#N)c(Cl)c4)C3(C)C)cc2)C[C@H](C)N1CCCOc1ccc2c(c1)C(=O)N(C1CCC(=O)NC1=O)C2=O. The van der Waals surface area contributed by atoms with Crippen LogP contribution in [0.1, 0.15) is 97.4 Å². The number of hydrogen-bond acceptors (Lipinski definition) is 10. The first-order valence-corrected chi connectivity index (χ1v) is 20.2. The molecule has 0 aromatic heterocycles. The van der Waals surface area contributed by atoms with E-state index < -0.39 is 29.7 Å². The van der Waals surface area contributed by atoms with Crippen LogP contribution in [0.4, 0.5) is 5.69 Å². The quantitative estimate of drug-likeness (QED) is 0.185. The van der Waals surface area contributed by atoms with E-state index in [1.54, 1.807) is 36.4 Å². The van der Waals surface area contributed by atoms with Crippen LogP contribution in [0.2, 0.25) is 5.02 Å². The average molecular weight is 809 g/mol. The summed E-state index contributed by atoms with van der Waals surface area (Å²) in [6.45, 7) is 15.6. The van der Waals surface area contributed by atoms with Gasteiger partial charge in [-0.25, -0.2) is 0 Å². The zero-order chi connectivity index (χ0) is 41.7. The minimum Gasteiger partial charge on any atom is -0.494 e. The zero-order valence-electron chi connectivity index (χ0n) is 33.6. The number of nitriles is 1. The molecule has 304 valence electrons. The topological polar surface area (TPSA) is 161 Å². The van der Waals surface area contributed by atoms with E-state index in [1.165, 1.54) is 0 Å². The molecule has 2 saturated heterocycles. The third-order valence-corrected chi connectivity index (χ3v) is 12.6. The Morgan fingerprint density at radius 3 is 2.21 bits per heavy atom. The van der Waals surface area contributed by atoms with Gasteiger partial charge < -0.3 is 19.7 Å². The Labute approximate surface area is 343 Å². The van der Waals surface area contributed by atoms with Gasteiger partial charge in [-0.3, -0.25) is 39.1 Å². The summed E-state index contributed by atoms with van der Waals surface area (Å²) >= 11 is 6.25. The molecule has 3 fully saturated rings. The van der Waals surface area contributed by atoms with Crippen LogP contribution in [0.15, 0.2) is 60.7 Å². The summed E-state index contributed by atoms with van der Waals surface area (Å²) < 4.78 is 12.4. The van der Waals surface area contributed by atoms with Crippen molar-refractivity contribution >= 4 is 46.8 Å². The van der Waals surface area contributed by atoms with Crippen molar-refractivity contribution in [3.05, 3.63) is 87.9 Å². The molecule has 58 heavy (non-hydrogen) atoms. The molecule has 0 bridgehead atoms. The molecule has 14 heteroatoms. The molecule has 3 aliphatic heterocycles. The number of fused-ring (bicyclic) bond motifs is 1. The third kappa shape index (κ3) is 7.51. The highest BCUT2D eigenvalue weighted by Gasteiger charge is 2.64. The first-order chi connectivity index (χ1) is 27.5. The maximum Gasteiger partial charge on any atom is 0.262 e. The van der Waals surface area contributed by atoms with E-state index in [9.17, 15) is 29.2 Å². The Balaban J connectivity index is 0.883. The predicted molar refractivity (Wildman–Crippen MR) is 217 cm³/mol. The molecule has 3 atom stereocenters. The van der Waals surface area contributed by atoms with Gasteiger partial charge in [0.2, 0.25) is 11.8 Å². The number of benzene rings is 3. The Bertz CT molecular complexity index is 2170. The fourth-order valence-electron chi connectivity index (χ4n) is 9.62. The van der Waals surface area contributed by atoms with Crippen LogP contribution >= 0.6 is 11.6 Å². The van der Waals surface area contributed by atoms with Gasteiger partial charge in [-0.05, 0) is 81.3 Å². The molecule has 2 N–H and O–H groups in total. The molecular formula is C44H49ClN6O7. The van der Waals surface area contributed by atoms with Crippen LogP contribution in [0.25, 0.3) is 0 Å². The second kappa shape index (κ2) is 15.7. The number of anilines is 1. The van der Waals surface area contributed by atoms with Gasteiger partial charge in [-0.1, -0.05) is 39.3 Å². The number of ether oxygens (including phenoxy) is 2. The summed E-state index contributed by atoms with van der Waals surface area (Å²) in [6, 6.07) is 19.0. The highest BCUT2D eigenvalue weighted by molar-refractivity contribution is 6.31. The number of nitrogens with zero attached hydrogens (tertiary/aromatic N) is 4. The highest BCUT2D eigenvalue weighted by atomic mass is 35.5. The molecule has 1 saturated carbocycles. The van der Waals surface area contributed by atoms with Crippen LogP contribution in [0.3, 0.4) is 0 Å². The van der Waals surface area contributed by atoms with Gasteiger partial charge in [0, 0.05) is 72.3 Å². The van der Waals surface area contributed by atoms with E-state index in [1.807, 2.05) is 24.3 Å². The maximum absolute atomic E-state index is 13.5. The lowest BCUT2D eigenvalue weighted by atomic mass is 9.49. The van der Waals surface area contributed by atoms with Crippen molar-refractivity contribution in [2.24, 2.45) is 10.8 Å². The van der Waals surface area contributed by atoms with E-state index in [4.69, 9.17) is 21.1 Å². The summed E-state index contributed by atoms with van der Waals surface area (Å²) in [5, 5.41) is 15.0. The first kappa shape index (κ1) is 40.7. The normalized spacial score (nSPS) is 25.0. The van der Waals surface area contributed by atoms with Crippen LogP contribution in [0, 0.1) is 22.2 Å². The predicted octanol–water partition coefficient (Wildman–Crippen LogP) is 5.59. The van der Waals surface area contributed by atoms with Crippen molar-refractivity contribution < 1.29 is 33.4 Å². The molecule has 3 aromatic carbocycles. The lowest BCUT2D eigenvalue weighted by molar-refractivity contribution is -0.164. The number of amides is 5. The van der Waals surface area contributed by atoms with Gasteiger partial charge in [0.15, 0.2) is 0 Å². The Morgan fingerprint density at radius 2 is 1.57 bits per heavy atom. The van der Waals surface area contributed by atoms with E-state index in [0.717, 1.165) is 36.6 Å². The van der Waals surface area contributed by atoms with Crippen LogP contribution in [-0.2, 0) is 9.59 Å². The monoisotopic (exact) mass is 808 g/mol. The fraction of sp³-hybridized carbons (Fsp3) is 0.455. The largest absolute Gasteiger partial charge is 0.494 e. The van der Waals surface area contributed by atoms with E-state index >= 15 is 0 Å². The Kier molecular flexibility index (Phi) is 11.0. The van der Waals surface area contributed by atoms with E-state index in [0.29, 0.717) is 34.3 Å². The van der Waals surface area contributed by atoms with Crippen LogP contribution < -0.4 is 25.0 Å². The van der Waals surface area contributed by atoms with Gasteiger partial charge in [0.05, 0.1) is 28.3 Å². The number of hydrogen-bond donors (Lipinski definition) is 2. The lowest BCUT2D eigenvalue weighted by Crippen LogP contribution is -2.74. The Morgan fingerprint density at radius 1 is 0.914 bits per heavy atom. The summed E-state index contributed by atoms with van der Waals surface area (Å²) in [4.78, 5) is 69.5. The van der Waals surface area contributed by atoms with Gasteiger partial charge in [0.1, 0.15) is 29.7 Å². The first-order valence-electron chi connectivity index (χ1n) is 19.8. The van der Waals surface area contributed by atoms with Crippen molar-refractivity contribution in [1.82, 2.24) is 20.4 Å². The molecule has 7 rings (SSSR count). The lowest BCUT2D eigenvalue weighted by Gasteiger charge is -2.63. The fourth-order valence-corrected chi connectivity index (χ4v) is 9.83. The van der Waals surface area contributed by atoms with Crippen molar-refractivity contribution in [3.63, 3.8) is 0 Å². The third-order valence-electron chi connectivity index (χ3n) is 12.3. The molecule has 4 aliphatic rings. The standard InChI is InChI=1S/C44H49ClN6O7/c1-25-23-49(29-11-8-27(9-12-29)37(53)48-41-43(3,4)42(44(41,5)6)58-31-13-10-28(22-46)34(45)21-31)24-26(2)50(25)18-7-19-57-30-14-15-32-33(20-30)40(56)51(39(32)55)35-16-17-36(52)47-38(35)54/h8-15,20-21,25-26,35,41-42H,7,16-19,23-24H2,1-6H3,(H,48,53)(H,47,52,54)/t25-,26+,35?,41-,42-. The number of carbonyl (C=O) groups is 5. The summed E-state index contributed by atoms with van der Waals surface area (Å²) in [7, 11) is 0. The van der Waals surface area contributed by atoms with E-state index in [2.05, 4.69) is 68.0 Å². The molecule has 1 unspecified atom stereocenters. The number of nitrogens with one attached hydrogen (secondary N) is 2. The molecule has 13 nitrogen and oxygen atoms in total. The molecule has 1 aliphatic carbocycles. The minimum atomic E-state index is -1.01. The number of rotatable bonds is 11. The number of carbonyl (C=O) groups excluding carboxylic acids is 5. The number of imide groups is 2. The molecule has 5 amide bonds. The minimum absolute atomic E-state index is 0.0655. The number of piperazine rings is 1. The van der Waals surface area contributed by atoms with Crippen molar-refractivity contribution in [2.45, 2.75) is 91.1 Å². The number of halogens is 1. The van der Waals surface area contributed by atoms with Crippen molar-refractivity contribution in [3.8, 4) is 17.6 Å². The molecule has 3 aromatic rings. The van der Waals surface area contributed by atoms with Crippen molar-refractivity contribution in [1.29, 1.82) is 5.26 Å². The Hall–Kier alpha value is -5.45. The van der Waals surface area contributed by atoms with Gasteiger partial charge in [0.25, 0.3) is 17.7 Å². The maximum atomic E-state index is 13.5.